The maximum Gasteiger partial charge on any atom is 0.410 e. The first kappa shape index (κ1) is 19.1. The third-order valence-electron chi connectivity index (χ3n) is 5.83. The lowest BCUT2D eigenvalue weighted by Crippen LogP contribution is -2.48. The summed E-state index contributed by atoms with van der Waals surface area (Å²) in [6.45, 7) is 0.220. The van der Waals surface area contributed by atoms with Crippen molar-refractivity contribution < 1.29 is 18.7 Å². The molecular weight excluding hydrogens is 371 g/mol. The number of ether oxygens (including phenoxy) is 1. The van der Waals surface area contributed by atoms with Crippen molar-refractivity contribution in [2.45, 2.75) is 44.4 Å². The molecule has 0 aromatic heterocycles. The first-order valence-corrected chi connectivity index (χ1v) is 9.79. The minimum Gasteiger partial charge on any atom is -0.445 e. The van der Waals surface area contributed by atoms with Crippen LogP contribution in [-0.4, -0.2) is 28.9 Å². The summed E-state index contributed by atoms with van der Waals surface area (Å²) in [5.41, 5.74) is 1.29. The summed E-state index contributed by atoms with van der Waals surface area (Å²) >= 11 is 0. The number of benzene rings is 2. The number of piperidine rings is 1. The maximum atomic E-state index is 13.7. The van der Waals surface area contributed by atoms with Crippen LogP contribution in [0.4, 0.5) is 9.18 Å². The molecule has 2 aromatic carbocycles. The zero-order valence-corrected chi connectivity index (χ0v) is 15.9. The van der Waals surface area contributed by atoms with Crippen LogP contribution >= 0.6 is 0 Å². The summed E-state index contributed by atoms with van der Waals surface area (Å²) in [6.07, 6.45) is 2.40. The van der Waals surface area contributed by atoms with E-state index in [0.717, 1.165) is 24.5 Å². The minimum atomic E-state index is -0.586. The molecule has 2 unspecified atom stereocenters. The molecule has 0 radical (unpaired) electrons. The number of halogens is 1. The zero-order chi connectivity index (χ0) is 20.4. The third-order valence-corrected chi connectivity index (χ3v) is 5.83. The number of Topliss-reactive ketones (excluding diaryl/α,β-unsaturated/α-hetero) is 1. The highest BCUT2D eigenvalue weighted by Gasteiger charge is 2.46. The summed E-state index contributed by atoms with van der Waals surface area (Å²) in [5, 5.41) is 9.02. The molecule has 2 bridgehead atoms. The number of ketones is 1. The second-order valence-corrected chi connectivity index (χ2v) is 7.71. The number of carbonyl (C=O) groups excluding carboxylic acids is 2. The lowest BCUT2D eigenvalue weighted by molar-refractivity contribution is 0.0485. The van der Waals surface area contributed by atoms with E-state index in [9.17, 15) is 14.0 Å². The van der Waals surface area contributed by atoms with Gasteiger partial charge in [-0.05, 0) is 49.4 Å². The predicted molar refractivity (Wildman–Crippen MR) is 103 cm³/mol. The Labute approximate surface area is 168 Å². The predicted octanol–water partition coefficient (Wildman–Crippen LogP) is 4.46. The van der Waals surface area contributed by atoms with Gasteiger partial charge >= 0.3 is 6.09 Å². The molecule has 1 amide bonds. The Balaban J connectivity index is 1.42. The van der Waals surface area contributed by atoms with Gasteiger partial charge in [-0.2, -0.15) is 5.26 Å². The van der Waals surface area contributed by atoms with Crippen LogP contribution in [0.25, 0.3) is 0 Å². The van der Waals surface area contributed by atoms with Gasteiger partial charge in [0.05, 0.1) is 11.6 Å². The fourth-order valence-electron chi connectivity index (χ4n) is 4.52. The molecule has 0 spiro atoms. The van der Waals surface area contributed by atoms with Crippen LogP contribution in [-0.2, 0) is 11.3 Å². The molecule has 2 aliphatic rings. The van der Waals surface area contributed by atoms with Gasteiger partial charge in [-0.3, -0.25) is 4.79 Å². The van der Waals surface area contributed by atoms with E-state index in [1.54, 1.807) is 4.90 Å². The fourth-order valence-corrected chi connectivity index (χ4v) is 4.52. The van der Waals surface area contributed by atoms with Gasteiger partial charge in [0.15, 0.2) is 5.78 Å². The van der Waals surface area contributed by atoms with Gasteiger partial charge in [0.25, 0.3) is 0 Å². The molecule has 29 heavy (non-hydrogen) atoms. The average Bonchev–Trinajstić information content (AvgIpc) is 3.01. The van der Waals surface area contributed by atoms with Crippen molar-refractivity contribution in [2.24, 2.45) is 5.92 Å². The maximum absolute atomic E-state index is 13.7. The standard InChI is InChI=1S/C23H21FN2O3/c24-19-9-16(13-25)8-17(10-19)22(27)18-11-20-6-7-21(12-18)26(20)23(28)29-14-15-4-2-1-3-5-15/h1-5,8-10,18,20-21H,6-7,11-12,14H2. The monoisotopic (exact) mass is 392 g/mol. The van der Waals surface area contributed by atoms with Gasteiger partial charge in [0.1, 0.15) is 12.4 Å². The normalized spacial score (nSPS) is 22.8. The molecule has 2 atom stereocenters. The number of carbonyl (C=O) groups is 2. The van der Waals surface area contributed by atoms with Crippen molar-refractivity contribution in [2.75, 3.05) is 0 Å². The van der Waals surface area contributed by atoms with E-state index in [-0.39, 0.29) is 47.6 Å². The van der Waals surface area contributed by atoms with Crippen molar-refractivity contribution in [3.05, 3.63) is 71.0 Å². The van der Waals surface area contributed by atoms with E-state index in [1.807, 2.05) is 36.4 Å². The molecular formula is C23H21FN2O3. The average molecular weight is 392 g/mol. The van der Waals surface area contributed by atoms with Crippen LogP contribution in [0.15, 0.2) is 48.5 Å². The molecule has 2 fully saturated rings. The second kappa shape index (κ2) is 8.04. The molecule has 0 N–H and O–H groups in total. The Morgan fingerprint density at radius 3 is 2.45 bits per heavy atom. The number of hydrogen-bond donors (Lipinski definition) is 0. The quantitative estimate of drug-likeness (QED) is 0.721. The van der Waals surface area contributed by atoms with Gasteiger partial charge in [0.2, 0.25) is 0 Å². The van der Waals surface area contributed by atoms with Gasteiger partial charge in [0, 0.05) is 23.6 Å². The molecule has 5 nitrogen and oxygen atoms in total. The van der Waals surface area contributed by atoms with E-state index in [4.69, 9.17) is 10.00 Å². The van der Waals surface area contributed by atoms with Crippen LogP contribution in [0, 0.1) is 23.1 Å². The van der Waals surface area contributed by atoms with Gasteiger partial charge in [-0.25, -0.2) is 9.18 Å². The molecule has 4 rings (SSSR count). The summed E-state index contributed by atoms with van der Waals surface area (Å²) in [6, 6.07) is 15.0. The smallest absolute Gasteiger partial charge is 0.410 e. The molecule has 0 saturated carbocycles. The summed E-state index contributed by atoms with van der Waals surface area (Å²) < 4.78 is 19.2. The Kier molecular flexibility index (Phi) is 5.30. The van der Waals surface area contributed by atoms with E-state index < -0.39 is 5.82 Å². The van der Waals surface area contributed by atoms with Crippen LogP contribution < -0.4 is 0 Å². The van der Waals surface area contributed by atoms with E-state index >= 15 is 0 Å². The molecule has 2 saturated heterocycles. The minimum absolute atomic E-state index is 0.0463. The van der Waals surface area contributed by atoms with Crippen LogP contribution in [0.1, 0.15) is 47.2 Å². The largest absolute Gasteiger partial charge is 0.445 e. The number of nitriles is 1. The third kappa shape index (κ3) is 4.00. The van der Waals surface area contributed by atoms with Crippen molar-refractivity contribution in [1.82, 2.24) is 4.90 Å². The van der Waals surface area contributed by atoms with Gasteiger partial charge in [-0.1, -0.05) is 30.3 Å². The second-order valence-electron chi connectivity index (χ2n) is 7.71. The van der Waals surface area contributed by atoms with Crippen molar-refractivity contribution >= 4 is 11.9 Å². The molecule has 6 heteroatoms. The summed E-state index contributed by atoms with van der Waals surface area (Å²) in [5.74, 6) is -1.02. The van der Waals surface area contributed by atoms with Crippen LogP contribution in [0.2, 0.25) is 0 Å². The number of nitrogens with zero attached hydrogens (tertiary/aromatic N) is 2. The van der Waals surface area contributed by atoms with Crippen LogP contribution in [0.3, 0.4) is 0 Å². The Morgan fingerprint density at radius 2 is 1.79 bits per heavy atom. The highest BCUT2D eigenvalue weighted by atomic mass is 19.1. The highest BCUT2D eigenvalue weighted by Crippen LogP contribution is 2.40. The molecule has 0 aliphatic carbocycles. The van der Waals surface area contributed by atoms with E-state index in [2.05, 4.69) is 0 Å². The Morgan fingerprint density at radius 1 is 1.10 bits per heavy atom. The lowest BCUT2D eigenvalue weighted by atomic mass is 9.84. The van der Waals surface area contributed by atoms with Crippen molar-refractivity contribution in [3.63, 3.8) is 0 Å². The highest BCUT2D eigenvalue weighted by molar-refractivity contribution is 5.98. The van der Waals surface area contributed by atoms with Crippen molar-refractivity contribution in [3.8, 4) is 6.07 Å². The SMILES string of the molecule is N#Cc1cc(F)cc(C(=O)C2CC3CCC(C2)N3C(=O)OCc2ccccc2)c1. The Hall–Kier alpha value is -3.20. The molecule has 2 aliphatic heterocycles. The molecule has 2 heterocycles. The first-order chi connectivity index (χ1) is 14.0. The van der Waals surface area contributed by atoms with Gasteiger partial charge < -0.3 is 9.64 Å². The zero-order valence-electron chi connectivity index (χ0n) is 15.9. The van der Waals surface area contributed by atoms with Gasteiger partial charge in [-0.15, -0.1) is 0 Å². The fraction of sp³-hybridized carbons (Fsp3) is 0.348. The first-order valence-electron chi connectivity index (χ1n) is 9.79. The van der Waals surface area contributed by atoms with E-state index in [0.29, 0.717) is 12.8 Å². The van der Waals surface area contributed by atoms with E-state index in [1.165, 1.54) is 12.1 Å². The Bertz CT molecular complexity index is 956. The topological polar surface area (TPSA) is 70.4 Å². The number of amides is 1. The summed E-state index contributed by atoms with van der Waals surface area (Å²) in [7, 11) is 0. The lowest BCUT2D eigenvalue weighted by Gasteiger charge is -2.37. The van der Waals surface area contributed by atoms with Crippen LogP contribution in [0.5, 0.6) is 0 Å². The number of fused-ring (bicyclic) bond motifs is 2. The number of hydrogen-bond acceptors (Lipinski definition) is 4. The van der Waals surface area contributed by atoms with Crippen molar-refractivity contribution in [1.29, 1.82) is 5.26 Å². The molecule has 2 aromatic rings. The number of rotatable bonds is 4. The summed E-state index contributed by atoms with van der Waals surface area (Å²) in [4.78, 5) is 27.3. The molecule has 148 valence electrons.